The summed E-state index contributed by atoms with van der Waals surface area (Å²) in [7, 11) is 0. The van der Waals surface area contributed by atoms with Crippen LogP contribution in [0.15, 0.2) is 251 Å². The van der Waals surface area contributed by atoms with Crippen LogP contribution in [0.4, 0.5) is 34.1 Å². The number of benzene rings is 11. The summed E-state index contributed by atoms with van der Waals surface area (Å²) in [5.41, 5.74) is 28.2. The largest absolute Gasteiger partial charge is 0.436 e. The topological polar surface area (TPSA) is 84.3 Å². The summed E-state index contributed by atoms with van der Waals surface area (Å²) in [5.74, 6) is 1.18. The Kier molecular flexibility index (Phi) is 13.1. The molecule has 0 bridgehead atoms. The zero-order chi connectivity index (χ0) is 57.0. The second-order valence-electron chi connectivity index (χ2n) is 21.9. The first-order valence-corrected chi connectivity index (χ1v) is 28.4. The van der Waals surface area contributed by atoms with Crippen molar-refractivity contribution in [2.75, 3.05) is 9.80 Å². The van der Waals surface area contributed by atoms with Gasteiger partial charge in [-0.2, -0.15) is 0 Å². The van der Waals surface area contributed by atoms with Crippen molar-refractivity contribution in [3.8, 4) is 67.7 Å². The molecule has 404 valence electrons. The molecule has 0 radical (unpaired) electrons. The van der Waals surface area contributed by atoms with E-state index in [9.17, 15) is 0 Å². The van der Waals surface area contributed by atoms with Crippen molar-refractivity contribution in [1.29, 1.82) is 0 Å². The van der Waals surface area contributed by atoms with Gasteiger partial charge >= 0.3 is 0 Å². The Balaban J connectivity index is 0.906. The Morgan fingerprint density at radius 3 is 0.905 bits per heavy atom. The van der Waals surface area contributed by atoms with Crippen LogP contribution in [0.1, 0.15) is 33.4 Å². The highest BCUT2D eigenvalue weighted by Gasteiger charge is 2.23. The molecule has 0 unspecified atom stereocenters. The zero-order valence-corrected chi connectivity index (χ0v) is 47.6. The van der Waals surface area contributed by atoms with E-state index in [0.29, 0.717) is 11.8 Å². The van der Waals surface area contributed by atoms with Gasteiger partial charge in [0.15, 0.2) is 11.2 Å². The van der Waals surface area contributed by atoms with Crippen LogP contribution in [0.25, 0.3) is 101 Å². The molecule has 8 heteroatoms. The van der Waals surface area contributed by atoms with Crippen LogP contribution in [0.3, 0.4) is 0 Å². The van der Waals surface area contributed by atoms with E-state index >= 15 is 0 Å². The van der Waals surface area contributed by atoms with Crippen LogP contribution in [-0.4, -0.2) is 19.9 Å². The molecule has 0 fully saturated rings. The normalized spacial score (nSPS) is 11.5. The molecule has 8 nitrogen and oxygen atoms in total. The number of aryl methyl sites for hydroxylation is 6. The second kappa shape index (κ2) is 21.3. The summed E-state index contributed by atoms with van der Waals surface area (Å²) in [4.78, 5) is 25.5. The molecule has 14 aromatic rings. The predicted octanol–water partition coefficient (Wildman–Crippen LogP) is 20.7. The Labute approximate surface area is 488 Å². The van der Waals surface area contributed by atoms with E-state index in [1.165, 1.54) is 44.5 Å². The summed E-state index contributed by atoms with van der Waals surface area (Å²) >= 11 is 0. The van der Waals surface area contributed by atoms with Crippen molar-refractivity contribution in [2.24, 2.45) is 0 Å². The molecule has 0 saturated carbocycles. The number of hydrogen-bond acceptors (Lipinski definition) is 8. The van der Waals surface area contributed by atoms with Crippen molar-refractivity contribution in [1.82, 2.24) is 19.9 Å². The van der Waals surface area contributed by atoms with Gasteiger partial charge in [0.25, 0.3) is 0 Å². The van der Waals surface area contributed by atoms with Gasteiger partial charge in [-0.3, -0.25) is 0 Å². The third-order valence-electron chi connectivity index (χ3n) is 15.9. The highest BCUT2D eigenvalue weighted by molar-refractivity contribution is 5.99. The van der Waals surface area contributed by atoms with Crippen LogP contribution >= 0.6 is 0 Å². The first-order chi connectivity index (χ1) is 41.1. The predicted molar refractivity (Wildman–Crippen MR) is 345 cm³/mol. The molecule has 0 saturated heterocycles. The van der Waals surface area contributed by atoms with Gasteiger partial charge in [0, 0.05) is 56.4 Å². The number of hydrogen-bond donors (Lipinski definition) is 0. The molecule has 0 atom stereocenters. The maximum absolute atomic E-state index is 6.16. The van der Waals surface area contributed by atoms with E-state index in [2.05, 4.69) is 233 Å². The molecule has 3 aromatic heterocycles. The fourth-order valence-corrected chi connectivity index (χ4v) is 12.2. The van der Waals surface area contributed by atoms with Crippen molar-refractivity contribution in [3.63, 3.8) is 0 Å². The fraction of sp³-hybridized carbons (Fsp3) is 0.0789. The van der Waals surface area contributed by atoms with Crippen LogP contribution in [0.5, 0.6) is 0 Å². The molecule has 0 N–H and O–H groups in total. The number of nitrogens with zero attached hydrogens (tertiary/aromatic N) is 6. The number of anilines is 6. The lowest BCUT2D eigenvalue weighted by atomic mass is 9.85. The second-order valence-corrected chi connectivity index (χ2v) is 21.9. The molecule has 14 rings (SSSR count). The summed E-state index contributed by atoms with van der Waals surface area (Å²) in [6, 6.07) is 84.6. The molecule has 84 heavy (non-hydrogen) atoms. The molecule has 0 aliphatic rings. The van der Waals surface area contributed by atoms with Gasteiger partial charge in [-0.15, -0.1) is 0 Å². The SMILES string of the molecule is Cc1cc(C)c(-c2cc3nc(-c4ccc(N(c5ccccc5)c5ccc(-c6nc7ccccc7o6)cc5)cc4)c(-c4ccc(N(c5ccccc5)c5ccc(-c6nc7ccccc7o6)cc5)cc4)nc3cc2-c2c(C)cc(C)cc2C)c(C)c1. The Bertz CT molecular complexity index is 4340. The number of oxazole rings is 2. The van der Waals surface area contributed by atoms with Crippen LogP contribution in [-0.2, 0) is 0 Å². The first kappa shape index (κ1) is 51.4. The lowest BCUT2D eigenvalue weighted by Crippen LogP contribution is -2.10. The van der Waals surface area contributed by atoms with E-state index in [-0.39, 0.29) is 0 Å². The highest BCUT2D eigenvalue weighted by Crippen LogP contribution is 2.45. The van der Waals surface area contributed by atoms with E-state index < -0.39 is 0 Å². The smallest absolute Gasteiger partial charge is 0.227 e. The van der Waals surface area contributed by atoms with Gasteiger partial charge in [0.2, 0.25) is 11.8 Å². The van der Waals surface area contributed by atoms with Crippen molar-refractivity contribution >= 4 is 67.4 Å². The number of rotatable bonds is 12. The van der Waals surface area contributed by atoms with Gasteiger partial charge in [-0.25, -0.2) is 19.9 Å². The van der Waals surface area contributed by atoms with Gasteiger partial charge in [-0.1, -0.05) is 120 Å². The van der Waals surface area contributed by atoms with Crippen LogP contribution in [0, 0.1) is 41.5 Å². The lowest BCUT2D eigenvalue weighted by molar-refractivity contribution is 0.619. The Morgan fingerprint density at radius 2 is 0.571 bits per heavy atom. The third-order valence-corrected chi connectivity index (χ3v) is 15.9. The standard InChI is InChI=1S/C76H58N6O2/c1-47-41-49(3)71(50(4)42-47)63-45-67-68(46-64(63)72-51(5)43-48(2)44-52(72)6)78-74(54-27-35-60(36-28-54)82(58-19-11-8-12-20-58)62-39-31-56(32-40-62)76-80-66-22-14-16-24-70(66)84-76)73(77-67)53-25-33-59(34-26-53)81(57-17-9-7-10-18-57)61-37-29-55(30-38-61)75-79-65-21-13-15-23-69(65)83-75/h7-46H,1-6H3. The zero-order valence-electron chi connectivity index (χ0n) is 47.6. The maximum Gasteiger partial charge on any atom is 0.227 e. The number of fused-ring (bicyclic) bond motifs is 3. The Morgan fingerprint density at radius 1 is 0.274 bits per heavy atom. The molecule has 3 heterocycles. The average molecular weight is 1090 g/mol. The summed E-state index contributed by atoms with van der Waals surface area (Å²) < 4.78 is 12.3. The highest BCUT2D eigenvalue weighted by atomic mass is 16.4. The Hall–Kier alpha value is -10.7. The minimum atomic E-state index is 0.588. The van der Waals surface area contributed by atoms with Gasteiger partial charge in [0.1, 0.15) is 11.0 Å². The molecular weight excluding hydrogens is 1030 g/mol. The number of aromatic nitrogens is 4. The van der Waals surface area contributed by atoms with E-state index in [1.807, 2.05) is 60.7 Å². The van der Waals surface area contributed by atoms with E-state index in [1.54, 1.807) is 0 Å². The summed E-state index contributed by atoms with van der Waals surface area (Å²) in [6.45, 7) is 13.2. The molecule has 0 aliphatic heterocycles. The van der Waals surface area contributed by atoms with Gasteiger partial charge in [0.05, 0.1) is 22.4 Å². The van der Waals surface area contributed by atoms with Crippen LogP contribution < -0.4 is 9.80 Å². The number of para-hydroxylation sites is 6. The minimum Gasteiger partial charge on any atom is -0.436 e. The third kappa shape index (κ3) is 9.63. The first-order valence-electron chi connectivity index (χ1n) is 28.4. The van der Waals surface area contributed by atoms with Gasteiger partial charge in [-0.05, 0) is 220 Å². The molecule has 0 amide bonds. The molecule has 0 spiro atoms. The van der Waals surface area contributed by atoms with E-state index in [0.717, 1.165) is 112 Å². The average Bonchev–Trinajstić information content (AvgIpc) is 3.06. The molecular formula is C76H58N6O2. The minimum absolute atomic E-state index is 0.588. The van der Waals surface area contributed by atoms with Crippen LogP contribution in [0.2, 0.25) is 0 Å². The van der Waals surface area contributed by atoms with Crippen molar-refractivity contribution in [3.05, 3.63) is 276 Å². The summed E-state index contributed by atoms with van der Waals surface area (Å²) in [6.07, 6.45) is 0. The maximum atomic E-state index is 6.16. The van der Waals surface area contributed by atoms with Gasteiger partial charge < -0.3 is 18.6 Å². The summed E-state index contributed by atoms with van der Waals surface area (Å²) in [5, 5.41) is 0. The quantitative estimate of drug-likeness (QED) is 0.120. The molecule has 0 aliphatic carbocycles. The lowest BCUT2D eigenvalue weighted by Gasteiger charge is -2.26. The monoisotopic (exact) mass is 1090 g/mol. The van der Waals surface area contributed by atoms with E-state index in [4.69, 9.17) is 28.8 Å². The fourth-order valence-electron chi connectivity index (χ4n) is 12.2. The van der Waals surface area contributed by atoms with Crippen molar-refractivity contribution < 1.29 is 8.83 Å². The molecule has 11 aromatic carbocycles. The van der Waals surface area contributed by atoms with Crippen molar-refractivity contribution in [2.45, 2.75) is 41.5 Å².